The molecule has 1 amide bonds. The number of rotatable bonds is 40. The number of quaternary nitrogens is 1. The summed E-state index contributed by atoms with van der Waals surface area (Å²) in [6, 6.07) is -0.871. The summed E-state index contributed by atoms with van der Waals surface area (Å²) >= 11 is 0. The Kier molecular flexibility index (Phi) is 37.5. The zero-order valence-electron chi connectivity index (χ0n) is 36.9. The Morgan fingerprint density at radius 1 is 0.607 bits per heavy atom. The van der Waals surface area contributed by atoms with Gasteiger partial charge in [0.15, 0.2) is 0 Å². The van der Waals surface area contributed by atoms with E-state index in [-0.39, 0.29) is 19.1 Å². The number of nitrogens with one attached hydrogen (secondary N) is 1. The molecule has 0 heterocycles. The predicted molar refractivity (Wildman–Crippen MR) is 240 cm³/mol. The number of amides is 1. The van der Waals surface area contributed by atoms with Gasteiger partial charge in [-0.25, -0.2) is 4.57 Å². The predicted octanol–water partition coefficient (Wildman–Crippen LogP) is 12.6. The van der Waals surface area contributed by atoms with Gasteiger partial charge in [0, 0.05) is 6.42 Å². The number of hydrogen-bond acceptors (Lipinski definition) is 5. The quantitative estimate of drug-likeness (QED) is 0.0246. The highest BCUT2D eigenvalue weighted by Gasteiger charge is 2.27. The van der Waals surface area contributed by atoms with Crippen molar-refractivity contribution in [1.29, 1.82) is 0 Å². The molecule has 3 unspecified atom stereocenters. The lowest BCUT2D eigenvalue weighted by Crippen LogP contribution is -2.45. The van der Waals surface area contributed by atoms with Crippen molar-refractivity contribution >= 4 is 13.7 Å². The summed E-state index contributed by atoms with van der Waals surface area (Å²) in [4.78, 5) is 23.1. The standard InChI is InChI=1S/C47H87N2O6P/c1-6-8-10-12-14-16-18-20-22-23-24-25-27-29-31-33-35-37-39-41-47(51)48-45(44-55-56(52,53)54-43-42-49(3,4)5)46(50)40-38-36-34-32-30-28-26-21-19-17-15-13-11-9-7-2/h14,16,20,22,24-25,30,32,38,40,45-46,50H,6-13,15,17-19,21,23,26-29,31,33-37,39,41-44H2,1-5H3,(H-,48,51,52,53)/p+1/b16-14-,22-20-,25-24-,32-30+,40-38+. The van der Waals surface area contributed by atoms with E-state index in [1.54, 1.807) is 6.08 Å². The molecule has 3 atom stereocenters. The van der Waals surface area contributed by atoms with E-state index in [4.69, 9.17) is 9.05 Å². The van der Waals surface area contributed by atoms with Crippen molar-refractivity contribution in [3.8, 4) is 0 Å². The maximum absolute atomic E-state index is 12.9. The Morgan fingerprint density at radius 2 is 1.04 bits per heavy atom. The van der Waals surface area contributed by atoms with Gasteiger partial charge in [0.2, 0.25) is 5.91 Å². The smallest absolute Gasteiger partial charge is 0.387 e. The molecule has 0 saturated carbocycles. The third kappa shape index (κ3) is 40.4. The van der Waals surface area contributed by atoms with Crippen molar-refractivity contribution < 1.29 is 32.9 Å². The van der Waals surface area contributed by atoms with Crippen molar-refractivity contribution in [2.75, 3.05) is 40.9 Å². The first-order chi connectivity index (χ1) is 27.0. The van der Waals surface area contributed by atoms with E-state index in [0.717, 1.165) is 64.2 Å². The molecule has 0 aromatic rings. The zero-order valence-corrected chi connectivity index (χ0v) is 37.8. The third-order valence-corrected chi connectivity index (χ3v) is 10.7. The van der Waals surface area contributed by atoms with E-state index < -0.39 is 20.0 Å². The third-order valence-electron chi connectivity index (χ3n) is 9.71. The van der Waals surface area contributed by atoms with Crippen LogP contribution in [0.15, 0.2) is 60.8 Å². The summed E-state index contributed by atoms with van der Waals surface area (Å²) < 4.78 is 23.5. The second-order valence-electron chi connectivity index (χ2n) is 16.4. The van der Waals surface area contributed by atoms with Crippen LogP contribution in [-0.4, -0.2) is 73.4 Å². The molecule has 0 aliphatic rings. The lowest BCUT2D eigenvalue weighted by atomic mass is 10.1. The van der Waals surface area contributed by atoms with Crippen LogP contribution >= 0.6 is 7.82 Å². The summed E-state index contributed by atoms with van der Waals surface area (Å²) in [7, 11) is 1.54. The highest BCUT2D eigenvalue weighted by molar-refractivity contribution is 7.47. The molecular formula is C47H88N2O6P+. The second-order valence-corrected chi connectivity index (χ2v) is 17.9. The SMILES string of the molecule is CCCCC/C=C\C/C=C\C/C=C\CCCCCCCCC(=O)NC(COP(=O)(O)OCC[N+](C)(C)C)C(O)/C=C/CC/C=C/CCCCCCCCCCC. The van der Waals surface area contributed by atoms with Gasteiger partial charge in [-0.1, -0.05) is 164 Å². The highest BCUT2D eigenvalue weighted by atomic mass is 31.2. The molecule has 3 N–H and O–H groups in total. The van der Waals surface area contributed by atoms with Gasteiger partial charge in [0.25, 0.3) is 0 Å². The van der Waals surface area contributed by atoms with E-state index in [2.05, 4.69) is 67.8 Å². The molecule has 0 fully saturated rings. The van der Waals surface area contributed by atoms with Gasteiger partial charge >= 0.3 is 7.82 Å². The summed E-state index contributed by atoms with van der Waals surface area (Å²) in [6.45, 7) is 4.74. The van der Waals surface area contributed by atoms with Gasteiger partial charge in [0.05, 0.1) is 39.9 Å². The maximum atomic E-state index is 12.9. The molecule has 0 radical (unpaired) electrons. The molecular weight excluding hydrogens is 719 g/mol. The van der Waals surface area contributed by atoms with Crippen LogP contribution in [0.1, 0.15) is 181 Å². The highest BCUT2D eigenvalue weighted by Crippen LogP contribution is 2.43. The molecule has 0 aromatic carbocycles. The number of aliphatic hydroxyl groups is 1. The van der Waals surface area contributed by atoms with Crippen LogP contribution in [0.4, 0.5) is 0 Å². The molecule has 0 aliphatic heterocycles. The Morgan fingerprint density at radius 3 is 1.59 bits per heavy atom. The molecule has 326 valence electrons. The van der Waals surface area contributed by atoms with E-state index in [1.165, 1.54) is 96.3 Å². The lowest BCUT2D eigenvalue weighted by Gasteiger charge is -2.25. The van der Waals surface area contributed by atoms with Crippen molar-refractivity contribution in [3.05, 3.63) is 60.8 Å². The zero-order chi connectivity index (χ0) is 41.4. The second kappa shape index (κ2) is 38.7. The van der Waals surface area contributed by atoms with Gasteiger partial charge < -0.3 is 19.8 Å². The van der Waals surface area contributed by atoms with Gasteiger partial charge in [-0.2, -0.15) is 0 Å². The number of phosphoric acid groups is 1. The molecule has 0 rings (SSSR count). The lowest BCUT2D eigenvalue weighted by molar-refractivity contribution is -0.870. The summed E-state index contributed by atoms with van der Waals surface area (Å²) in [5.74, 6) is -0.202. The number of carbonyl (C=O) groups is 1. The van der Waals surface area contributed by atoms with Gasteiger partial charge in [-0.15, -0.1) is 0 Å². The fourth-order valence-electron chi connectivity index (χ4n) is 6.06. The number of aliphatic hydroxyl groups excluding tert-OH is 1. The molecule has 0 spiro atoms. The Bertz CT molecular complexity index is 1100. The topological polar surface area (TPSA) is 105 Å². The molecule has 0 aliphatic carbocycles. The minimum Gasteiger partial charge on any atom is -0.387 e. The summed E-state index contributed by atoms with van der Waals surface area (Å²) in [5.41, 5.74) is 0. The van der Waals surface area contributed by atoms with E-state index in [1.807, 2.05) is 27.2 Å². The van der Waals surface area contributed by atoms with Crippen molar-refractivity contribution in [2.45, 2.75) is 193 Å². The first-order valence-electron chi connectivity index (χ1n) is 22.7. The van der Waals surface area contributed by atoms with Crippen LogP contribution in [0.3, 0.4) is 0 Å². The van der Waals surface area contributed by atoms with Crippen LogP contribution < -0.4 is 5.32 Å². The van der Waals surface area contributed by atoms with E-state index in [9.17, 15) is 19.4 Å². The molecule has 0 saturated heterocycles. The normalized spacial score (nSPS) is 14.9. The summed E-state index contributed by atoms with van der Waals surface area (Å²) in [5, 5.41) is 13.8. The number of nitrogens with zero attached hydrogens (tertiary/aromatic N) is 1. The van der Waals surface area contributed by atoms with Crippen molar-refractivity contribution in [2.24, 2.45) is 0 Å². The van der Waals surface area contributed by atoms with Crippen LogP contribution in [0.25, 0.3) is 0 Å². The van der Waals surface area contributed by atoms with E-state index >= 15 is 0 Å². The number of phosphoric ester groups is 1. The number of hydrogen-bond donors (Lipinski definition) is 3. The van der Waals surface area contributed by atoms with Crippen LogP contribution in [0.2, 0.25) is 0 Å². The molecule has 0 bridgehead atoms. The van der Waals surface area contributed by atoms with Crippen molar-refractivity contribution in [1.82, 2.24) is 5.32 Å². The Labute approximate surface area is 345 Å². The number of likely N-dealkylation sites (N-methyl/N-ethyl adjacent to an activating group) is 1. The average Bonchev–Trinajstić information content (AvgIpc) is 3.15. The minimum absolute atomic E-state index is 0.0509. The first-order valence-corrected chi connectivity index (χ1v) is 24.2. The summed E-state index contributed by atoms with van der Waals surface area (Å²) in [6.07, 6.45) is 50.0. The Hall–Kier alpha value is -1.80. The molecule has 8 nitrogen and oxygen atoms in total. The van der Waals surface area contributed by atoms with Crippen molar-refractivity contribution in [3.63, 3.8) is 0 Å². The molecule has 56 heavy (non-hydrogen) atoms. The maximum Gasteiger partial charge on any atom is 0.472 e. The number of allylic oxidation sites excluding steroid dienone is 9. The fourth-order valence-corrected chi connectivity index (χ4v) is 6.80. The van der Waals surface area contributed by atoms with Crippen LogP contribution in [0, 0.1) is 0 Å². The fraction of sp³-hybridized carbons (Fsp3) is 0.766. The van der Waals surface area contributed by atoms with Gasteiger partial charge in [-0.3, -0.25) is 13.8 Å². The molecule has 9 heteroatoms. The Balaban J connectivity index is 4.49. The largest absolute Gasteiger partial charge is 0.472 e. The van der Waals surface area contributed by atoms with Gasteiger partial charge in [-0.05, 0) is 70.6 Å². The van der Waals surface area contributed by atoms with Crippen LogP contribution in [-0.2, 0) is 18.4 Å². The van der Waals surface area contributed by atoms with Gasteiger partial charge in [0.1, 0.15) is 13.2 Å². The average molecular weight is 808 g/mol. The number of carbonyl (C=O) groups excluding carboxylic acids is 1. The monoisotopic (exact) mass is 808 g/mol. The first kappa shape index (κ1) is 54.2. The van der Waals surface area contributed by atoms with Crippen LogP contribution in [0.5, 0.6) is 0 Å². The minimum atomic E-state index is -4.35. The van der Waals surface area contributed by atoms with E-state index in [0.29, 0.717) is 17.4 Å². The molecule has 0 aromatic heterocycles. The number of unbranched alkanes of at least 4 members (excludes halogenated alkanes) is 19.